The van der Waals surface area contributed by atoms with Crippen LogP contribution in [0, 0.1) is 0 Å². The van der Waals surface area contributed by atoms with Gasteiger partial charge in [-0.25, -0.2) is 24.2 Å². The largest absolute Gasteiger partial charge is 0.478 e. The minimum absolute atomic E-state index is 0.318. The molecule has 0 saturated heterocycles. The highest BCUT2D eigenvalue weighted by Crippen LogP contribution is 2.05. The molecule has 0 aliphatic rings. The van der Waals surface area contributed by atoms with Gasteiger partial charge in [-0.15, -0.1) is 0 Å². The first-order valence-electron chi connectivity index (χ1n) is 7.35. The smallest absolute Gasteiger partial charge is 0.386 e. The Morgan fingerprint density at radius 3 is 1.40 bits per heavy atom. The Labute approximate surface area is 145 Å². The van der Waals surface area contributed by atoms with E-state index in [0.717, 1.165) is 0 Å². The summed E-state index contributed by atoms with van der Waals surface area (Å²) in [6, 6.07) is 16.6. The summed E-state index contributed by atoms with van der Waals surface area (Å²) < 4.78 is 0. The van der Waals surface area contributed by atoms with Crippen molar-refractivity contribution < 1.29 is 29.3 Å². The molecule has 0 bridgehead atoms. The van der Waals surface area contributed by atoms with Crippen LogP contribution in [0.4, 0.5) is 0 Å². The number of hydrogen-bond acceptors (Lipinski definition) is 5. The van der Waals surface area contributed by atoms with E-state index in [-0.39, 0.29) is 0 Å². The fraction of sp³-hybridized carbons (Fsp3) is 0.105. The number of carbonyl (C=O) groups excluding carboxylic acids is 2. The highest BCUT2D eigenvalue weighted by atomic mass is 17.2. The molecule has 0 atom stereocenters. The van der Waals surface area contributed by atoms with E-state index < -0.39 is 17.9 Å². The number of carboxylic acids is 1. The van der Waals surface area contributed by atoms with E-state index in [2.05, 4.69) is 9.78 Å². The average Bonchev–Trinajstić information content (AvgIpc) is 2.66. The summed E-state index contributed by atoms with van der Waals surface area (Å²) in [7, 11) is 0. The highest BCUT2D eigenvalue weighted by molar-refractivity contribution is 5.92. The average molecular weight is 342 g/mol. The summed E-state index contributed by atoms with van der Waals surface area (Å²) in [5, 5.41) is 8.11. The van der Waals surface area contributed by atoms with Crippen LogP contribution >= 0.6 is 0 Å². The Balaban J connectivity index is 0.000000381. The van der Waals surface area contributed by atoms with Gasteiger partial charge in [0.05, 0.1) is 11.1 Å². The van der Waals surface area contributed by atoms with Crippen LogP contribution in [0.1, 0.15) is 34.6 Å². The molecule has 1 N–H and O–H groups in total. The number of carboxylic acid groups (broad SMARTS) is 1. The van der Waals surface area contributed by atoms with Crippen LogP contribution in [-0.2, 0) is 14.6 Å². The summed E-state index contributed by atoms with van der Waals surface area (Å²) in [6.07, 6.45) is 1.56. The molecular weight excluding hydrogens is 324 g/mol. The quantitative estimate of drug-likeness (QED) is 0.520. The number of allylic oxidation sites excluding steroid dienone is 1. The molecule has 2 aromatic carbocycles. The predicted octanol–water partition coefficient (Wildman–Crippen LogP) is 3.65. The van der Waals surface area contributed by atoms with Crippen molar-refractivity contribution in [2.45, 2.75) is 13.8 Å². The monoisotopic (exact) mass is 342 g/mol. The first-order chi connectivity index (χ1) is 12.0. The van der Waals surface area contributed by atoms with Crippen molar-refractivity contribution in [3.05, 3.63) is 83.4 Å². The van der Waals surface area contributed by atoms with Crippen LogP contribution < -0.4 is 0 Å². The minimum Gasteiger partial charge on any atom is -0.478 e. The number of aliphatic carboxylic acids is 1. The molecule has 130 valence electrons. The van der Waals surface area contributed by atoms with Gasteiger partial charge in [-0.05, 0) is 38.1 Å². The Kier molecular flexibility index (Phi) is 8.15. The molecule has 0 aliphatic heterocycles. The molecule has 0 fully saturated rings. The van der Waals surface area contributed by atoms with E-state index in [1.165, 1.54) is 0 Å². The molecule has 2 aromatic rings. The lowest BCUT2D eigenvalue weighted by Crippen LogP contribution is -2.11. The molecule has 0 radical (unpaired) electrons. The third kappa shape index (κ3) is 7.13. The van der Waals surface area contributed by atoms with Crippen molar-refractivity contribution >= 4 is 17.9 Å². The van der Waals surface area contributed by atoms with E-state index >= 15 is 0 Å². The molecular formula is C19H18O6. The maximum absolute atomic E-state index is 11.5. The molecule has 2 rings (SSSR count). The third-order valence-corrected chi connectivity index (χ3v) is 2.98. The van der Waals surface area contributed by atoms with Crippen LogP contribution in [-0.4, -0.2) is 23.0 Å². The zero-order valence-electron chi connectivity index (χ0n) is 13.8. The van der Waals surface area contributed by atoms with Gasteiger partial charge in [0, 0.05) is 5.57 Å². The zero-order valence-corrected chi connectivity index (χ0v) is 13.8. The van der Waals surface area contributed by atoms with Gasteiger partial charge in [0.25, 0.3) is 0 Å². The molecule has 6 heteroatoms. The second-order valence-electron chi connectivity index (χ2n) is 4.75. The Bertz CT molecular complexity index is 684. The second kappa shape index (κ2) is 10.4. The zero-order chi connectivity index (χ0) is 18.7. The van der Waals surface area contributed by atoms with Crippen molar-refractivity contribution in [2.24, 2.45) is 0 Å². The van der Waals surface area contributed by atoms with E-state index in [1.807, 2.05) is 0 Å². The minimum atomic E-state index is -0.845. The van der Waals surface area contributed by atoms with Crippen LogP contribution in [0.5, 0.6) is 0 Å². The summed E-state index contributed by atoms with van der Waals surface area (Å²) in [5.41, 5.74) is 1.02. The lowest BCUT2D eigenvalue weighted by Gasteiger charge is -2.02. The van der Waals surface area contributed by atoms with Gasteiger partial charge in [0.1, 0.15) is 0 Å². The van der Waals surface area contributed by atoms with Crippen molar-refractivity contribution in [1.82, 2.24) is 0 Å². The van der Waals surface area contributed by atoms with Crippen molar-refractivity contribution in [1.29, 1.82) is 0 Å². The third-order valence-electron chi connectivity index (χ3n) is 2.98. The lowest BCUT2D eigenvalue weighted by molar-refractivity contribution is -0.187. The van der Waals surface area contributed by atoms with E-state index in [1.54, 1.807) is 80.6 Å². The predicted molar refractivity (Wildman–Crippen MR) is 90.8 cm³/mol. The van der Waals surface area contributed by atoms with Crippen molar-refractivity contribution in [3.63, 3.8) is 0 Å². The normalized spacial score (nSPS) is 10.1. The summed E-state index contributed by atoms with van der Waals surface area (Å²) in [5.74, 6) is -2.26. The molecule has 0 heterocycles. The second-order valence-corrected chi connectivity index (χ2v) is 4.75. The van der Waals surface area contributed by atoms with Crippen LogP contribution in [0.15, 0.2) is 72.3 Å². The van der Waals surface area contributed by atoms with E-state index in [0.29, 0.717) is 16.7 Å². The van der Waals surface area contributed by atoms with Gasteiger partial charge in [-0.2, -0.15) is 0 Å². The molecule has 0 aliphatic carbocycles. The first-order valence-corrected chi connectivity index (χ1v) is 7.35. The number of rotatable bonds is 3. The van der Waals surface area contributed by atoms with Crippen molar-refractivity contribution in [3.8, 4) is 0 Å². The Hall–Kier alpha value is -3.41. The van der Waals surface area contributed by atoms with Crippen LogP contribution in [0.25, 0.3) is 0 Å². The maximum Gasteiger partial charge on any atom is 0.386 e. The first kappa shape index (κ1) is 19.6. The molecule has 0 saturated carbocycles. The summed E-state index contributed by atoms with van der Waals surface area (Å²) >= 11 is 0. The number of hydrogen-bond donors (Lipinski definition) is 1. The lowest BCUT2D eigenvalue weighted by atomic mass is 10.2. The SMILES string of the molecule is CC=C(C)C(=O)O.O=C(OOC(=O)c1ccccc1)c1ccccc1. The molecule has 0 aromatic heterocycles. The molecule has 0 spiro atoms. The van der Waals surface area contributed by atoms with Gasteiger partial charge in [0.2, 0.25) is 0 Å². The van der Waals surface area contributed by atoms with Gasteiger partial charge in [-0.1, -0.05) is 42.5 Å². The molecule has 6 nitrogen and oxygen atoms in total. The maximum atomic E-state index is 11.5. The Morgan fingerprint density at radius 1 is 0.800 bits per heavy atom. The fourth-order valence-electron chi connectivity index (χ4n) is 1.44. The van der Waals surface area contributed by atoms with Crippen LogP contribution in [0.2, 0.25) is 0 Å². The highest BCUT2D eigenvalue weighted by Gasteiger charge is 2.12. The van der Waals surface area contributed by atoms with E-state index in [4.69, 9.17) is 5.11 Å². The van der Waals surface area contributed by atoms with Gasteiger partial charge >= 0.3 is 17.9 Å². The molecule has 0 amide bonds. The van der Waals surface area contributed by atoms with E-state index in [9.17, 15) is 14.4 Å². The number of benzene rings is 2. The topological polar surface area (TPSA) is 89.9 Å². The van der Waals surface area contributed by atoms with Crippen LogP contribution in [0.3, 0.4) is 0 Å². The van der Waals surface area contributed by atoms with Gasteiger partial charge < -0.3 is 5.11 Å². The fourth-order valence-corrected chi connectivity index (χ4v) is 1.44. The van der Waals surface area contributed by atoms with Gasteiger partial charge in [0.15, 0.2) is 0 Å². The molecule has 25 heavy (non-hydrogen) atoms. The van der Waals surface area contributed by atoms with Gasteiger partial charge in [-0.3, -0.25) is 0 Å². The number of carbonyl (C=O) groups is 3. The summed E-state index contributed by atoms with van der Waals surface area (Å²) in [6.45, 7) is 3.26. The Morgan fingerprint density at radius 2 is 1.16 bits per heavy atom. The van der Waals surface area contributed by atoms with Crippen molar-refractivity contribution in [2.75, 3.05) is 0 Å². The summed E-state index contributed by atoms with van der Waals surface area (Å²) in [4.78, 5) is 41.7. The molecule has 0 unspecified atom stereocenters. The standard InChI is InChI=1S/C14H10O4.C5H8O2/c15-13(11-7-3-1-4-8-11)17-18-14(16)12-9-5-2-6-10-12;1-3-4(2)5(6)7/h1-10H;3H,1-2H3,(H,6,7).